The first-order valence-electron chi connectivity index (χ1n) is 7.89. The smallest absolute Gasteiger partial charge is 0.165 e. The summed E-state index contributed by atoms with van der Waals surface area (Å²) in [6, 6.07) is 10.9. The van der Waals surface area contributed by atoms with E-state index in [9.17, 15) is 14.6 Å². The van der Waals surface area contributed by atoms with E-state index in [1.807, 2.05) is 0 Å². The number of phenolic OH excluding ortho intramolecular Hbond substituents is 2. The van der Waals surface area contributed by atoms with Crippen molar-refractivity contribution in [2.75, 3.05) is 0 Å². The third kappa shape index (κ3) is 3.81. The zero-order valence-electron chi connectivity index (χ0n) is 14.3. The SMILES string of the molecule is C[Si](C)(C)C#Cc1cc(-c2ccc(O)c(F)c2)nc2ccc(O)cc12. The molecular weight excluding hydrogens is 333 g/mol. The Morgan fingerprint density at radius 3 is 2.44 bits per heavy atom. The summed E-state index contributed by atoms with van der Waals surface area (Å²) >= 11 is 0. The number of hydrogen-bond acceptors (Lipinski definition) is 3. The minimum atomic E-state index is -1.59. The maximum Gasteiger partial charge on any atom is 0.165 e. The summed E-state index contributed by atoms with van der Waals surface area (Å²) < 4.78 is 13.7. The molecule has 3 aromatic rings. The Balaban J connectivity index is 2.25. The van der Waals surface area contributed by atoms with Crippen molar-refractivity contribution in [3.05, 3.63) is 53.8 Å². The molecule has 1 aromatic heterocycles. The highest BCUT2D eigenvalue weighted by Crippen LogP contribution is 2.29. The molecule has 0 saturated carbocycles. The lowest BCUT2D eigenvalue weighted by Crippen LogP contribution is -2.16. The van der Waals surface area contributed by atoms with E-state index in [4.69, 9.17) is 0 Å². The summed E-state index contributed by atoms with van der Waals surface area (Å²) in [5.74, 6) is 2.27. The van der Waals surface area contributed by atoms with Crippen LogP contribution in [-0.2, 0) is 0 Å². The summed E-state index contributed by atoms with van der Waals surface area (Å²) in [7, 11) is -1.59. The van der Waals surface area contributed by atoms with Crippen LogP contribution in [-0.4, -0.2) is 23.3 Å². The van der Waals surface area contributed by atoms with Crippen LogP contribution in [0.1, 0.15) is 5.56 Å². The molecular formula is C20H18FNO2Si. The molecule has 25 heavy (non-hydrogen) atoms. The number of benzene rings is 2. The Bertz CT molecular complexity index is 1030. The fourth-order valence-electron chi connectivity index (χ4n) is 2.39. The van der Waals surface area contributed by atoms with Crippen LogP contribution in [0.2, 0.25) is 19.6 Å². The maximum atomic E-state index is 13.7. The van der Waals surface area contributed by atoms with Crippen LogP contribution in [0.25, 0.3) is 22.2 Å². The van der Waals surface area contributed by atoms with Gasteiger partial charge in [-0.1, -0.05) is 25.6 Å². The lowest BCUT2D eigenvalue weighted by Gasteiger charge is -2.09. The molecule has 0 fully saturated rings. The number of halogens is 1. The van der Waals surface area contributed by atoms with Crippen molar-refractivity contribution < 1.29 is 14.6 Å². The molecule has 0 aliphatic rings. The maximum absolute atomic E-state index is 13.7. The van der Waals surface area contributed by atoms with Gasteiger partial charge in [-0.25, -0.2) is 9.37 Å². The number of hydrogen-bond donors (Lipinski definition) is 2. The molecule has 126 valence electrons. The standard InChI is InChI=1S/C20H18FNO2Si/c1-25(2,3)9-8-13-11-19(14-4-7-20(24)17(21)10-14)22-18-6-5-15(23)12-16(13)18/h4-7,10-12,23-24H,1-3H3. The van der Waals surface area contributed by atoms with Gasteiger partial charge in [0.15, 0.2) is 11.6 Å². The minimum absolute atomic E-state index is 0.147. The van der Waals surface area contributed by atoms with Gasteiger partial charge in [0.25, 0.3) is 0 Å². The molecule has 0 radical (unpaired) electrons. The van der Waals surface area contributed by atoms with Crippen LogP contribution in [0, 0.1) is 17.3 Å². The highest BCUT2D eigenvalue weighted by molar-refractivity contribution is 6.83. The van der Waals surface area contributed by atoms with Gasteiger partial charge in [-0.3, -0.25) is 0 Å². The summed E-state index contributed by atoms with van der Waals surface area (Å²) in [5, 5.41) is 19.9. The Labute approximate surface area is 146 Å². The predicted octanol–water partition coefficient (Wildman–Crippen LogP) is 4.68. The van der Waals surface area contributed by atoms with Crippen LogP contribution < -0.4 is 0 Å². The topological polar surface area (TPSA) is 53.4 Å². The zero-order chi connectivity index (χ0) is 18.2. The van der Waals surface area contributed by atoms with E-state index >= 15 is 0 Å². The first-order chi connectivity index (χ1) is 11.7. The first kappa shape index (κ1) is 17.0. The summed E-state index contributed by atoms with van der Waals surface area (Å²) in [4.78, 5) is 4.55. The highest BCUT2D eigenvalue weighted by Gasteiger charge is 2.11. The fraction of sp³-hybridized carbons (Fsp3) is 0.150. The van der Waals surface area contributed by atoms with Crippen LogP contribution in [0.4, 0.5) is 4.39 Å². The average molecular weight is 351 g/mol. The number of nitrogens with zero attached hydrogens (tertiary/aromatic N) is 1. The van der Waals surface area contributed by atoms with E-state index in [-0.39, 0.29) is 5.75 Å². The molecule has 0 bridgehead atoms. The Morgan fingerprint density at radius 2 is 1.76 bits per heavy atom. The number of pyridine rings is 1. The fourth-order valence-corrected chi connectivity index (χ4v) is 2.90. The molecule has 2 N–H and O–H groups in total. The molecule has 0 saturated heterocycles. The lowest BCUT2D eigenvalue weighted by molar-refractivity contribution is 0.432. The van der Waals surface area contributed by atoms with Gasteiger partial charge in [-0.05, 0) is 42.5 Å². The quantitative estimate of drug-likeness (QED) is 0.494. The van der Waals surface area contributed by atoms with E-state index in [1.54, 1.807) is 30.3 Å². The molecule has 5 heteroatoms. The van der Waals surface area contributed by atoms with Crippen molar-refractivity contribution >= 4 is 19.0 Å². The summed E-state index contributed by atoms with van der Waals surface area (Å²) in [5.41, 5.74) is 5.85. The molecule has 0 aliphatic carbocycles. The van der Waals surface area contributed by atoms with Gasteiger partial charge in [-0.15, -0.1) is 5.54 Å². The van der Waals surface area contributed by atoms with Crippen molar-refractivity contribution in [3.8, 4) is 34.2 Å². The third-order valence-corrected chi connectivity index (χ3v) is 4.48. The van der Waals surface area contributed by atoms with Gasteiger partial charge in [0.1, 0.15) is 13.8 Å². The van der Waals surface area contributed by atoms with Crippen LogP contribution in [0.15, 0.2) is 42.5 Å². The number of aromatic nitrogens is 1. The normalized spacial score (nSPS) is 11.2. The zero-order valence-corrected chi connectivity index (χ0v) is 15.3. The van der Waals surface area contributed by atoms with Crippen molar-refractivity contribution in [1.82, 2.24) is 4.98 Å². The molecule has 0 unspecified atom stereocenters. The molecule has 0 aliphatic heterocycles. The van der Waals surface area contributed by atoms with Crippen LogP contribution >= 0.6 is 0 Å². The van der Waals surface area contributed by atoms with E-state index in [1.165, 1.54) is 12.1 Å². The number of aromatic hydroxyl groups is 2. The van der Waals surface area contributed by atoms with Crippen molar-refractivity contribution in [3.63, 3.8) is 0 Å². The minimum Gasteiger partial charge on any atom is -0.508 e. The van der Waals surface area contributed by atoms with Crippen LogP contribution in [0.5, 0.6) is 11.5 Å². The van der Waals surface area contributed by atoms with Gasteiger partial charge in [0, 0.05) is 16.5 Å². The molecule has 0 amide bonds. The molecule has 3 nitrogen and oxygen atoms in total. The molecule has 2 aromatic carbocycles. The molecule has 3 rings (SSSR count). The Kier molecular flexibility index (Phi) is 4.23. The molecule has 1 heterocycles. The third-order valence-electron chi connectivity index (χ3n) is 3.61. The van der Waals surface area contributed by atoms with E-state index in [2.05, 4.69) is 36.1 Å². The number of fused-ring (bicyclic) bond motifs is 1. The monoisotopic (exact) mass is 351 g/mol. The van der Waals surface area contributed by atoms with Crippen LogP contribution in [0.3, 0.4) is 0 Å². The van der Waals surface area contributed by atoms with Crippen molar-refractivity contribution in [2.45, 2.75) is 19.6 Å². The van der Waals surface area contributed by atoms with Gasteiger partial charge >= 0.3 is 0 Å². The van der Waals surface area contributed by atoms with E-state index < -0.39 is 19.6 Å². The first-order valence-corrected chi connectivity index (χ1v) is 11.4. The largest absolute Gasteiger partial charge is 0.508 e. The molecule has 0 atom stereocenters. The van der Waals surface area contributed by atoms with E-state index in [0.29, 0.717) is 16.8 Å². The summed E-state index contributed by atoms with van der Waals surface area (Å²) in [6.45, 7) is 6.45. The second kappa shape index (κ2) is 6.23. The highest BCUT2D eigenvalue weighted by atomic mass is 28.3. The van der Waals surface area contributed by atoms with Gasteiger partial charge in [0.2, 0.25) is 0 Å². The summed E-state index contributed by atoms with van der Waals surface area (Å²) in [6.07, 6.45) is 0. The number of phenols is 2. The van der Waals surface area contributed by atoms with Crippen molar-refractivity contribution in [1.29, 1.82) is 0 Å². The average Bonchev–Trinajstić information content (AvgIpc) is 2.54. The van der Waals surface area contributed by atoms with Gasteiger partial charge in [0.05, 0.1) is 11.2 Å². The number of rotatable bonds is 1. The lowest BCUT2D eigenvalue weighted by atomic mass is 10.0. The second-order valence-corrected chi connectivity index (χ2v) is 11.7. The van der Waals surface area contributed by atoms with Gasteiger partial charge in [-0.2, -0.15) is 0 Å². The van der Waals surface area contributed by atoms with Gasteiger partial charge < -0.3 is 10.2 Å². The predicted molar refractivity (Wildman–Crippen MR) is 101 cm³/mol. The molecule has 0 spiro atoms. The Hall–Kier alpha value is -2.84. The Morgan fingerprint density at radius 1 is 1.00 bits per heavy atom. The second-order valence-electron chi connectivity index (χ2n) is 6.92. The van der Waals surface area contributed by atoms with Crippen molar-refractivity contribution in [2.24, 2.45) is 0 Å². The van der Waals surface area contributed by atoms with E-state index in [0.717, 1.165) is 10.9 Å².